The molecule has 410 valence electrons. The minimum atomic E-state index is -0.303. The Morgan fingerprint density at radius 3 is 1.35 bits per heavy atom. The van der Waals surface area contributed by atoms with Gasteiger partial charge in [0.2, 0.25) is 11.4 Å². The first-order valence-corrected chi connectivity index (χ1v) is 30.2. The first kappa shape index (κ1) is 54.1. The lowest BCUT2D eigenvalue weighted by Gasteiger charge is -2.36. The number of allylic oxidation sites excluding steroid dienone is 8. The van der Waals surface area contributed by atoms with Crippen LogP contribution in [0.15, 0.2) is 154 Å². The van der Waals surface area contributed by atoms with Crippen LogP contribution >= 0.6 is 31.9 Å². The number of hydrogen-bond acceptors (Lipinski definition) is 7. The molecule has 6 aromatic carbocycles. The molecule has 2 aliphatic carbocycles. The van der Waals surface area contributed by atoms with Gasteiger partial charge in [0.1, 0.15) is 0 Å². The van der Waals surface area contributed by atoms with Gasteiger partial charge in [-0.15, -0.1) is 0 Å². The number of benzene rings is 6. The summed E-state index contributed by atoms with van der Waals surface area (Å²) in [5, 5.41) is 29.5. The zero-order chi connectivity index (χ0) is 56.0. The highest BCUT2D eigenvalue weighted by atomic mass is 79.9. The Kier molecular flexibility index (Phi) is 13.8. The predicted molar refractivity (Wildman–Crippen MR) is 333 cm³/mol. The van der Waals surface area contributed by atoms with Gasteiger partial charge in [0.15, 0.2) is 24.5 Å². The Morgan fingerprint density at radius 2 is 0.963 bits per heavy atom. The molecule has 0 aromatic heterocycles. The summed E-state index contributed by atoms with van der Waals surface area (Å²) < 4.78 is 6.13. The minimum Gasteiger partial charge on any atom is -0.347 e. The Bertz CT molecular complexity index is 3550. The topological polar surface area (TPSA) is 102 Å². The molecular weight excluding hydrogens is 1130 g/mol. The first-order chi connectivity index (χ1) is 38.4. The van der Waals surface area contributed by atoms with Crippen LogP contribution < -0.4 is 9.80 Å². The zero-order valence-corrected chi connectivity index (χ0v) is 50.3. The van der Waals surface area contributed by atoms with Gasteiger partial charge in [0, 0.05) is 95.2 Å². The van der Waals surface area contributed by atoms with E-state index < -0.39 is 0 Å². The molecule has 6 aromatic rings. The second-order valence-electron chi connectivity index (χ2n) is 24.4. The van der Waals surface area contributed by atoms with E-state index in [1.54, 1.807) is 0 Å². The van der Waals surface area contributed by atoms with Crippen molar-refractivity contribution in [3.8, 4) is 0 Å². The number of likely N-dealkylation sites (N-methyl/N-ethyl adjacent to an activating group) is 3. The van der Waals surface area contributed by atoms with Crippen LogP contribution in [0.2, 0.25) is 0 Å². The molecule has 12 rings (SSSR count). The largest absolute Gasteiger partial charge is 0.347 e. The van der Waals surface area contributed by atoms with E-state index in [1.165, 1.54) is 79.7 Å². The summed E-state index contributed by atoms with van der Waals surface area (Å²) >= 11 is 7.07. The third-order valence-corrected chi connectivity index (χ3v) is 20.6. The molecule has 6 aliphatic rings. The molecule has 0 atom stereocenters. The molecule has 0 unspecified atom stereocenters. The highest BCUT2D eigenvalue weighted by Crippen LogP contribution is 2.58. The van der Waals surface area contributed by atoms with Gasteiger partial charge in [0.05, 0.1) is 42.7 Å². The molecule has 0 radical (unpaired) electrons. The molecule has 80 heavy (non-hydrogen) atoms. The fourth-order valence-electron chi connectivity index (χ4n) is 15.5. The van der Waals surface area contributed by atoms with Crippen molar-refractivity contribution in [2.45, 2.75) is 114 Å². The van der Waals surface area contributed by atoms with Crippen LogP contribution in [0.25, 0.3) is 21.5 Å². The van der Waals surface area contributed by atoms with E-state index in [4.69, 9.17) is 0 Å². The maximum Gasteiger partial charge on any atom is 0.283 e. The molecule has 0 bridgehead atoms. The summed E-state index contributed by atoms with van der Waals surface area (Å²) in [7, 11) is 6.49. The number of nitrogens with zero attached hydrogens (tertiary/aromatic N) is 7. The summed E-state index contributed by atoms with van der Waals surface area (Å²) in [6.45, 7) is 12.7. The third-order valence-electron chi connectivity index (χ3n) is 19.3. The van der Waals surface area contributed by atoms with E-state index >= 15 is 0 Å². The summed E-state index contributed by atoms with van der Waals surface area (Å²) in [6, 6.07) is 34.3. The molecule has 2 fully saturated rings. The number of anilines is 2. The van der Waals surface area contributed by atoms with Crippen molar-refractivity contribution in [2.75, 3.05) is 57.1 Å². The van der Waals surface area contributed by atoms with E-state index in [9.17, 15) is 20.2 Å². The Balaban J connectivity index is 0.877. The zero-order valence-electron chi connectivity index (χ0n) is 47.1. The summed E-state index contributed by atoms with van der Waals surface area (Å²) in [6.07, 6.45) is 24.3. The Labute approximate surface area is 486 Å². The average molecular weight is 1200 g/mol. The van der Waals surface area contributed by atoms with Crippen molar-refractivity contribution in [3.05, 3.63) is 196 Å². The van der Waals surface area contributed by atoms with Crippen molar-refractivity contribution >= 4 is 99.0 Å². The van der Waals surface area contributed by atoms with Crippen LogP contribution in [-0.4, -0.2) is 82.6 Å². The van der Waals surface area contributed by atoms with Crippen LogP contribution in [0.3, 0.4) is 0 Å². The van der Waals surface area contributed by atoms with Crippen LogP contribution in [0.1, 0.15) is 114 Å². The van der Waals surface area contributed by atoms with E-state index in [-0.39, 0.29) is 42.9 Å². The lowest BCUT2D eigenvalue weighted by atomic mass is 9.68. The van der Waals surface area contributed by atoms with Crippen LogP contribution in [0.5, 0.6) is 0 Å². The summed E-state index contributed by atoms with van der Waals surface area (Å²) in [4.78, 5) is 31.0. The molecule has 0 saturated heterocycles. The van der Waals surface area contributed by atoms with Gasteiger partial charge in [0.25, 0.3) is 11.4 Å². The molecule has 0 N–H and O–H groups in total. The molecule has 13 heteroatoms. The number of fused-ring (bicyclic) bond motifs is 10. The summed E-state index contributed by atoms with van der Waals surface area (Å²) in [5.74, 6) is 0. The monoisotopic (exact) mass is 1200 g/mol. The fraction of sp³-hybridized carbons (Fsp3) is 0.373. The lowest BCUT2D eigenvalue weighted by Crippen LogP contribution is -2.35. The second-order valence-corrected chi connectivity index (χ2v) is 26.1. The number of rotatable bonds is 12. The van der Waals surface area contributed by atoms with Crippen molar-refractivity contribution in [1.82, 2.24) is 4.90 Å². The smallest absolute Gasteiger partial charge is 0.283 e. The molecule has 11 nitrogen and oxygen atoms in total. The maximum atomic E-state index is 12.2. The average Bonchev–Trinajstić information content (AvgIpc) is 3.53. The molecule has 2 spiro atoms. The quantitative estimate of drug-likeness (QED) is 0.0683. The highest BCUT2D eigenvalue weighted by Gasteiger charge is 2.51. The van der Waals surface area contributed by atoms with Crippen molar-refractivity contribution in [3.63, 3.8) is 0 Å². The minimum absolute atomic E-state index is 0.124. The van der Waals surface area contributed by atoms with Gasteiger partial charge in [-0.2, -0.15) is 9.15 Å². The van der Waals surface area contributed by atoms with Crippen molar-refractivity contribution < 1.29 is 19.0 Å². The SMILES string of the molecule is CN(CC[N+]1=C(/C=C/C=C2/N(C)c3cc(Br)c([N+](=O)[O-])cc3C23CCCCC3)C(C)(C)c2c1ccc1ccccc21)CC[N+]1=C(/C=C/C=C2/N(C)c3cc(Br)c([N+](=O)[O-])cc3C23CCCCC3)C(C)(C)c2c1ccc1ccccc21. The number of halogens is 2. The van der Waals surface area contributed by atoms with Gasteiger partial charge in [-0.3, -0.25) is 25.1 Å². The predicted octanol–water partition coefficient (Wildman–Crippen LogP) is 16.3. The maximum absolute atomic E-state index is 12.2. The van der Waals surface area contributed by atoms with Crippen LogP contribution in [0, 0.1) is 20.2 Å². The molecule has 4 aliphatic heterocycles. The van der Waals surface area contributed by atoms with Gasteiger partial charge < -0.3 is 9.80 Å². The van der Waals surface area contributed by atoms with E-state index in [0.717, 1.165) is 100 Å². The third kappa shape index (κ3) is 8.57. The Hall–Kier alpha value is -6.54. The number of hydrogen-bond donors (Lipinski definition) is 0. The van der Waals surface area contributed by atoms with Gasteiger partial charge in [-0.25, -0.2) is 0 Å². The van der Waals surface area contributed by atoms with Crippen LogP contribution in [0.4, 0.5) is 34.1 Å². The van der Waals surface area contributed by atoms with Gasteiger partial charge in [-0.1, -0.05) is 99.2 Å². The number of nitro groups is 2. The van der Waals surface area contributed by atoms with E-state index in [2.05, 4.69) is 214 Å². The lowest BCUT2D eigenvalue weighted by molar-refractivity contribution is -0.445. The highest BCUT2D eigenvalue weighted by molar-refractivity contribution is 9.11. The second kappa shape index (κ2) is 20.5. The standard InChI is InChI=1S/C67H71Br2N7O4/c1-64(2)58(24-18-26-60-66(32-14-8-15-33-66)48-40-56(75(77)78)50(68)42-54(48)71(60)6)73(52-30-28-44-20-10-12-22-46(44)62(52)64)38-36-70(5)37-39-74-53-31-29-45-21-11-13-23-47(45)63(53)65(3,4)59(74)25-19-27-61-67(34-16-9-17-35-67)49-41-57(76(79)80)51(69)43-55(49)72(61)7/h10-13,18-31,40-43H,8-9,14-17,32-39H2,1-7H3/q+2. The van der Waals surface area contributed by atoms with Crippen LogP contribution in [-0.2, 0) is 21.7 Å². The Morgan fingerprint density at radius 1 is 0.575 bits per heavy atom. The van der Waals surface area contributed by atoms with E-state index in [1.807, 2.05) is 24.3 Å². The van der Waals surface area contributed by atoms with Crippen molar-refractivity contribution in [2.24, 2.45) is 0 Å². The summed E-state index contributed by atoms with van der Waals surface area (Å²) in [5.41, 5.74) is 13.4. The van der Waals surface area contributed by atoms with Gasteiger partial charge >= 0.3 is 0 Å². The molecular formula is C67H71Br2N7O4+2. The molecule has 2 saturated carbocycles. The van der Waals surface area contributed by atoms with E-state index in [0.29, 0.717) is 8.95 Å². The fourth-order valence-corrected chi connectivity index (χ4v) is 16.4. The first-order valence-electron chi connectivity index (χ1n) is 28.6. The molecule has 0 amide bonds. The normalized spacial score (nSPS) is 20.5. The molecule has 4 heterocycles. The van der Waals surface area contributed by atoms with Crippen molar-refractivity contribution in [1.29, 1.82) is 0 Å². The number of nitro benzene ring substituents is 2. The van der Waals surface area contributed by atoms with Gasteiger partial charge in [-0.05, 0) is 161 Å².